The van der Waals surface area contributed by atoms with Gasteiger partial charge in [0, 0.05) is 25.3 Å². The monoisotopic (exact) mass is 397 g/mol. The van der Waals surface area contributed by atoms with E-state index >= 15 is 0 Å². The van der Waals surface area contributed by atoms with Crippen LogP contribution in [0.4, 0.5) is 0 Å². The van der Waals surface area contributed by atoms with Gasteiger partial charge in [0.2, 0.25) is 14.8 Å². The van der Waals surface area contributed by atoms with Gasteiger partial charge >= 0.3 is 0 Å². The lowest BCUT2D eigenvalue weighted by atomic mass is 10.2. The van der Waals surface area contributed by atoms with E-state index in [1.54, 1.807) is 27.4 Å². The number of hydrogen-bond acceptors (Lipinski definition) is 5. The lowest BCUT2D eigenvalue weighted by molar-refractivity contribution is 0.184. The summed E-state index contributed by atoms with van der Waals surface area (Å²) in [5.41, 5.74) is 0.660. The van der Waals surface area contributed by atoms with Crippen molar-refractivity contribution in [2.75, 3.05) is 20.1 Å². The molecule has 1 aliphatic rings. The van der Waals surface area contributed by atoms with Crippen LogP contribution in [0.1, 0.15) is 39.5 Å². The molecule has 2 aromatic heterocycles. The summed E-state index contributed by atoms with van der Waals surface area (Å²) in [7, 11) is -1.42. The van der Waals surface area contributed by atoms with Crippen molar-refractivity contribution in [1.29, 1.82) is 0 Å². The van der Waals surface area contributed by atoms with Crippen LogP contribution in [0, 0.1) is 4.77 Å². The number of nitrogens with zero attached hydrogens (tertiary/aromatic N) is 5. The molecule has 3 rings (SSSR count). The Morgan fingerprint density at radius 2 is 1.88 bits per heavy atom. The van der Waals surface area contributed by atoms with Gasteiger partial charge in [-0.1, -0.05) is 26.7 Å². The first-order valence-electron chi connectivity index (χ1n) is 9.18. The first-order valence-corrected chi connectivity index (χ1v) is 11.0. The van der Waals surface area contributed by atoms with Crippen molar-refractivity contribution in [1.82, 2.24) is 23.4 Å². The molecule has 7 nitrogen and oxygen atoms in total. The van der Waals surface area contributed by atoms with E-state index in [0.717, 1.165) is 0 Å². The van der Waals surface area contributed by atoms with Crippen molar-refractivity contribution in [3.05, 3.63) is 23.1 Å². The Kier molecular flexibility index (Phi) is 5.81. The molecule has 0 radical (unpaired) electrons. The molecule has 2 aromatic rings. The van der Waals surface area contributed by atoms with Gasteiger partial charge in [-0.3, -0.25) is 9.30 Å². The third kappa shape index (κ3) is 3.58. The molecule has 144 valence electrons. The van der Waals surface area contributed by atoms with Crippen LogP contribution in [-0.4, -0.2) is 58.0 Å². The largest absolute Gasteiger partial charge is 0.284 e. The first kappa shape index (κ1) is 19.5. The highest BCUT2D eigenvalue weighted by Gasteiger charge is 2.23. The third-order valence-corrected chi connectivity index (χ3v) is 7.64. The van der Waals surface area contributed by atoms with Crippen LogP contribution in [0.15, 0.2) is 23.2 Å². The zero-order valence-corrected chi connectivity index (χ0v) is 17.3. The molecular formula is C17H27N5O2S2. The Labute approximate surface area is 160 Å². The van der Waals surface area contributed by atoms with Gasteiger partial charge in [-0.05, 0) is 44.2 Å². The number of rotatable bonds is 7. The van der Waals surface area contributed by atoms with E-state index in [0.29, 0.717) is 36.2 Å². The summed E-state index contributed by atoms with van der Waals surface area (Å²) in [5.74, 6) is 0. The van der Waals surface area contributed by atoms with Gasteiger partial charge in [0.1, 0.15) is 0 Å². The van der Waals surface area contributed by atoms with Crippen molar-refractivity contribution < 1.29 is 8.42 Å². The second-order valence-electron chi connectivity index (χ2n) is 6.80. The third-order valence-electron chi connectivity index (χ3n) is 5.20. The summed E-state index contributed by atoms with van der Waals surface area (Å²) in [6.07, 6.45) is 6.56. The lowest BCUT2D eigenvalue weighted by Gasteiger charge is -2.23. The Bertz CT molecular complexity index is 924. The zero-order valence-electron chi connectivity index (χ0n) is 15.6. The number of aromatic nitrogens is 3. The van der Waals surface area contributed by atoms with Crippen LogP contribution < -0.4 is 0 Å². The highest BCUT2D eigenvalue weighted by atomic mass is 32.2. The number of fused-ring (bicyclic) bond motifs is 1. The number of pyridine rings is 1. The summed E-state index contributed by atoms with van der Waals surface area (Å²) in [6.45, 7) is 5.16. The van der Waals surface area contributed by atoms with E-state index < -0.39 is 10.0 Å². The average Bonchev–Trinajstić information content (AvgIpc) is 3.25. The van der Waals surface area contributed by atoms with Gasteiger partial charge in [-0.15, -0.1) is 0 Å². The number of hydrogen-bond donors (Lipinski definition) is 0. The predicted molar refractivity (Wildman–Crippen MR) is 104 cm³/mol. The fraction of sp³-hybridized carbons (Fsp3) is 0.647. The molecule has 1 aliphatic carbocycles. The lowest BCUT2D eigenvalue weighted by Crippen LogP contribution is -2.31. The van der Waals surface area contributed by atoms with Crippen LogP contribution in [-0.2, 0) is 16.7 Å². The van der Waals surface area contributed by atoms with Crippen LogP contribution in [0.5, 0.6) is 0 Å². The molecule has 0 aliphatic heterocycles. The van der Waals surface area contributed by atoms with Crippen molar-refractivity contribution >= 4 is 27.9 Å². The molecule has 0 N–H and O–H groups in total. The molecule has 0 spiro atoms. The molecule has 0 saturated heterocycles. The Morgan fingerprint density at radius 1 is 1.23 bits per heavy atom. The van der Waals surface area contributed by atoms with E-state index in [2.05, 4.69) is 17.0 Å². The normalized spacial score (nSPS) is 16.3. The molecule has 0 unspecified atom stereocenters. The van der Waals surface area contributed by atoms with E-state index in [9.17, 15) is 8.42 Å². The first-order chi connectivity index (χ1) is 12.4. The molecule has 0 atom stereocenters. The summed E-state index contributed by atoms with van der Waals surface area (Å²) < 4.78 is 30.9. The van der Waals surface area contributed by atoms with Gasteiger partial charge < -0.3 is 0 Å². The molecule has 1 saturated carbocycles. The summed E-state index contributed by atoms with van der Waals surface area (Å²) in [6, 6.07) is 3.90. The minimum Gasteiger partial charge on any atom is -0.284 e. The van der Waals surface area contributed by atoms with Crippen LogP contribution >= 0.6 is 12.2 Å². The second-order valence-corrected chi connectivity index (χ2v) is 9.10. The van der Waals surface area contributed by atoms with Gasteiger partial charge in [0.25, 0.3) is 0 Å². The van der Waals surface area contributed by atoms with Crippen LogP contribution in [0.2, 0.25) is 0 Å². The molecule has 2 heterocycles. The Morgan fingerprint density at radius 3 is 2.50 bits per heavy atom. The SMILES string of the molecule is CCN(CC)S(=O)(=O)c1ccc2nn(CN(C)C3CCCC3)c(=S)n2c1. The van der Waals surface area contributed by atoms with Crippen molar-refractivity contribution in [2.45, 2.75) is 57.1 Å². The van der Waals surface area contributed by atoms with Crippen LogP contribution in [0.3, 0.4) is 0 Å². The average molecular weight is 398 g/mol. The van der Waals surface area contributed by atoms with Crippen molar-refractivity contribution in [3.8, 4) is 0 Å². The molecule has 0 amide bonds. The van der Waals surface area contributed by atoms with E-state index in [1.807, 2.05) is 13.8 Å². The molecular weight excluding hydrogens is 370 g/mol. The summed E-state index contributed by atoms with van der Waals surface area (Å²) >= 11 is 5.55. The fourth-order valence-corrected chi connectivity index (χ4v) is 5.33. The summed E-state index contributed by atoms with van der Waals surface area (Å²) in [5, 5.41) is 4.56. The molecule has 9 heteroatoms. The quantitative estimate of drug-likeness (QED) is 0.672. The fourth-order valence-electron chi connectivity index (χ4n) is 3.63. The van der Waals surface area contributed by atoms with E-state index in [-0.39, 0.29) is 4.90 Å². The van der Waals surface area contributed by atoms with Gasteiger partial charge in [-0.25, -0.2) is 13.1 Å². The minimum absolute atomic E-state index is 0.244. The maximum Gasteiger partial charge on any atom is 0.244 e. The molecule has 0 bridgehead atoms. The predicted octanol–water partition coefficient (Wildman–Crippen LogP) is 2.73. The van der Waals surface area contributed by atoms with E-state index in [4.69, 9.17) is 12.2 Å². The Balaban J connectivity index is 1.93. The molecule has 0 aromatic carbocycles. The standard InChI is InChI=1S/C17H27N5O2S2/c1-4-20(5-2)26(23,24)15-10-11-16-18-22(17(25)21(16)12-15)13-19(3)14-8-6-7-9-14/h10-12,14H,4-9,13H2,1-3H3. The summed E-state index contributed by atoms with van der Waals surface area (Å²) in [4.78, 5) is 2.52. The number of sulfonamides is 1. The molecule has 26 heavy (non-hydrogen) atoms. The highest BCUT2D eigenvalue weighted by molar-refractivity contribution is 7.89. The van der Waals surface area contributed by atoms with Gasteiger partial charge in [-0.2, -0.15) is 9.40 Å². The van der Waals surface area contributed by atoms with Crippen LogP contribution in [0.25, 0.3) is 5.65 Å². The maximum atomic E-state index is 12.8. The van der Waals surface area contributed by atoms with Crippen molar-refractivity contribution in [3.63, 3.8) is 0 Å². The maximum absolute atomic E-state index is 12.8. The zero-order chi connectivity index (χ0) is 18.9. The van der Waals surface area contributed by atoms with Crippen molar-refractivity contribution in [2.24, 2.45) is 0 Å². The smallest absolute Gasteiger partial charge is 0.244 e. The Hall–Kier alpha value is -1.29. The second kappa shape index (κ2) is 7.75. The minimum atomic E-state index is -3.52. The van der Waals surface area contributed by atoms with Gasteiger partial charge in [0.05, 0.1) is 11.6 Å². The topological polar surface area (TPSA) is 62.9 Å². The van der Waals surface area contributed by atoms with Gasteiger partial charge in [0.15, 0.2) is 5.65 Å². The highest BCUT2D eigenvalue weighted by Crippen LogP contribution is 2.23. The molecule has 1 fully saturated rings. The van der Waals surface area contributed by atoms with E-state index in [1.165, 1.54) is 30.0 Å².